The molecule has 0 bridgehead atoms. The number of pyridine rings is 1. The number of hydrogen-bond acceptors (Lipinski definition) is 4. The SMILES string of the molecule is CCOC(=O)C(NC(CCc1ccc(Cl)nc1)c1ccc(F)c(C)c1)c1ccccc1. The summed E-state index contributed by atoms with van der Waals surface area (Å²) >= 11 is 5.89. The van der Waals surface area contributed by atoms with Crippen LogP contribution in [-0.2, 0) is 16.0 Å². The molecule has 0 amide bonds. The maximum Gasteiger partial charge on any atom is 0.327 e. The van der Waals surface area contributed by atoms with Crippen LogP contribution in [0.3, 0.4) is 0 Å². The highest BCUT2D eigenvalue weighted by atomic mass is 35.5. The van der Waals surface area contributed by atoms with E-state index in [1.165, 1.54) is 6.07 Å². The minimum atomic E-state index is -0.639. The molecule has 0 aliphatic carbocycles. The fourth-order valence-corrected chi connectivity index (χ4v) is 3.58. The molecule has 162 valence electrons. The number of benzene rings is 2. The average molecular weight is 441 g/mol. The van der Waals surface area contributed by atoms with Gasteiger partial charge in [-0.05, 0) is 61.1 Å². The minimum absolute atomic E-state index is 0.204. The van der Waals surface area contributed by atoms with Gasteiger partial charge < -0.3 is 4.74 Å². The molecular weight excluding hydrogens is 415 g/mol. The van der Waals surface area contributed by atoms with Gasteiger partial charge in [-0.15, -0.1) is 0 Å². The first-order valence-electron chi connectivity index (χ1n) is 10.3. The van der Waals surface area contributed by atoms with Crippen molar-refractivity contribution in [1.29, 1.82) is 0 Å². The van der Waals surface area contributed by atoms with Crippen molar-refractivity contribution < 1.29 is 13.9 Å². The van der Waals surface area contributed by atoms with Gasteiger partial charge in [0, 0.05) is 12.2 Å². The molecule has 2 unspecified atom stereocenters. The number of rotatable bonds is 9. The van der Waals surface area contributed by atoms with E-state index in [9.17, 15) is 9.18 Å². The highest BCUT2D eigenvalue weighted by Crippen LogP contribution is 2.26. The van der Waals surface area contributed by atoms with Crippen LogP contribution in [0.2, 0.25) is 5.15 Å². The van der Waals surface area contributed by atoms with Crippen LogP contribution in [-0.4, -0.2) is 17.6 Å². The number of ether oxygens (including phenoxy) is 1. The van der Waals surface area contributed by atoms with Gasteiger partial charge in [0.25, 0.3) is 0 Å². The Bertz CT molecular complexity index is 996. The topological polar surface area (TPSA) is 51.2 Å². The molecule has 3 aromatic rings. The van der Waals surface area contributed by atoms with Gasteiger partial charge in [0.2, 0.25) is 0 Å². The van der Waals surface area contributed by atoms with Crippen LogP contribution in [0.1, 0.15) is 47.7 Å². The fraction of sp³-hybridized carbons (Fsp3) is 0.280. The lowest BCUT2D eigenvalue weighted by atomic mass is 9.96. The molecule has 2 atom stereocenters. The van der Waals surface area contributed by atoms with Crippen molar-refractivity contribution in [3.8, 4) is 0 Å². The molecule has 0 saturated heterocycles. The number of hydrogen-bond donors (Lipinski definition) is 1. The van der Waals surface area contributed by atoms with Gasteiger partial charge in [0.05, 0.1) is 6.61 Å². The van der Waals surface area contributed by atoms with Gasteiger partial charge in [0.15, 0.2) is 0 Å². The number of aryl methyl sites for hydroxylation is 2. The summed E-state index contributed by atoms with van der Waals surface area (Å²) in [5, 5.41) is 3.90. The number of halogens is 2. The van der Waals surface area contributed by atoms with E-state index in [0.29, 0.717) is 30.2 Å². The van der Waals surface area contributed by atoms with Crippen molar-refractivity contribution in [3.05, 3.63) is 100 Å². The third-order valence-corrected chi connectivity index (χ3v) is 5.34. The van der Waals surface area contributed by atoms with E-state index in [1.54, 1.807) is 32.2 Å². The van der Waals surface area contributed by atoms with E-state index >= 15 is 0 Å². The van der Waals surface area contributed by atoms with E-state index in [4.69, 9.17) is 16.3 Å². The molecule has 0 aliphatic heterocycles. The summed E-state index contributed by atoms with van der Waals surface area (Å²) in [5.41, 5.74) is 3.32. The lowest BCUT2D eigenvalue weighted by molar-refractivity contribution is -0.146. The number of carbonyl (C=O) groups is 1. The van der Waals surface area contributed by atoms with Gasteiger partial charge in [-0.2, -0.15) is 0 Å². The Morgan fingerprint density at radius 1 is 1.13 bits per heavy atom. The first-order valence-corrected chi connectivity index (χ1v) is 10.7. The molecular formula is C25H26ClFN2O2. The molecule has 0 aliphatic rings. The summed E-state index contributed by atoms with van der Waals surface area (Å²) < 4.78 is 19.2. The summed E-state index contributed by atoms with van der Waals surface area (Å²) in [6.45, 7) is 3.81. The second kappa shape index (κ2) is 11.0. The molecule has 0 fully saturated rings. The number of aromatic nitrogens is 1. The molecule has 2 aromatic carbocycles. The normalized spacial score (nSPS) is 12.9. The van der Waals surface area contributed by atoms with E-state index in [-0.39, 0.29) is 17.8 Å². The Balaban J connectivity index is 1.89. The molecule has 4 nitrogen and oxygen atoms in total. The first-order chi connectivity index (χ1) is 15.0. The van der Waals surface area contributed by atoms with Crippen molar-refractivity contribution >= 4 is 17.6 Å². The zero-order valence-corrected chi connectivity index (χ0v) is 18.4. The van der Waals surface area contributed by atoms with Crippen molar-refractivity contribution in [2.24, 2.45) is 0 Å². The highest BCUT2D eigenvalue weighted by molar-refractivity contribution is 6.29. The predicted octanol–water partition coefficient (Wildman–Crippen LogP) is 5.75. The van der Waals surface area contributed by atoms with Crippen molar-refractivity contribution in [3.63, 3.8) is 0 Å². The van der Waals surface area contributed by atoms with Crippen molar-refractivity contribution in [2.45, 2.75) is 38.8 Å². The number of esters is 1. The highest BCUT2D eigenvalue weighted by Gasteiger charge is 2.26. The Kier molecular flexibility index (Phi) is 8.15. The second-order valence-corrected chi connectivity index (χ2v) is 7.74. The molecule has 1 N–H and O–H groups in total. The smallest absolute Gasteiger partial charge is 0.327 e. The summed E-state index contributed by atoms with van der Waals surface area (Å²) in [6.07, 6.45) is 3.13. The van der Waals surface area contributed by atoms with E-state index in [0.717, 1.165) is 16.7 Å². The van der Waals surface area contributed by atoms with Gasteiger partial charge in [-0.25, -0.2) is 14.2 Å². The molecule has 0 radical (unpaired) electrons. The van der Waals surface area contributed by atoms with Crippen LogP contribution in [0.5, 0.6) is 0 Å². The van der Waals surface area contributed by atoms with Crippen LogP contribution in [0.25, 0.3) is 0 Å². The van der Waals surface area contributed by atoms with Crippen LogP contribution in [0.4, 0.5) is 4.39 Å². The Hall–Kier alpha value is -2.76. The van der Waals surface area contributed by atoms with E-state index < -0.39 is 6.04 Å². The summed E-state index contributed by atoms with van der Waals surface area (Å²) in [7, 11) is 0. The Labute approximate surface area is 187 Å². The molecule has 0 spiro atoms. The van der Waals surface area contributed by atoms with Crippen LogP contribution >= 0.6 is 11.6 Å². The molecule has 6 heteroatoms. The Morgan fingerprint density at radius 2 is 1.90 bits per heavy atom. The molecule has 3 rings (SSSR count). The molecule has 0 saturated carbocycles. The van der Waals surface area contributed by atoms with Gasteiger partial charge in [0.1, 0.15) is 17.0 Å². The number of nitrogens with zero attached hydrogens (tertiary/aromatic N) is 1. The lowest BCUT2D eigenvalue weighted by Gasteiger charge is -2.26. The summed E-state index contributed by atoms with van der Waals surface area (Å²) in [6, 6.07) is 17.4. The maximum absolute atomic E-state index is 13.9. The predicted molar refractivity (Wildman–Crippen MR) is 120 cm³/mol. The third kappa shape index (κ3) is 6.36. The standard InChI is InChI=1S/C25H26ClFN2O2/c1-3-31-25(30)24(19-7-5-4-6-8-19)29-22(20-11-12-21(27)17(2)15-20)13-9-18-10-14-23(26)28-16-18/h4-8,10-12,14-16,22,24,29H,3,9,13H2,1-2H3. The number of nitrogens with one attached hydrogen (secondary N) is 1. The van der Waals surface area contributed by atoms with E-state index in [2.05, 4.69) is 10.3 Å². The van der Waals surface area contributed by atoms with Crippen LogP contribution < -0.4 is 5.32 Å². The Morgan fingerprint density at radius 3 is 2.55 bits per heavy atom. The zero-order valence-electron chi connectivity index (χ0n) is 17.6. The summed E-state index contributed by atoms with van der Waals surface area (Å²) in [5.74, 6) is -0.597. The average Bonchev–Trinajstić information content (AvgIpc) is 2.78. The van der Waals surface area contributed by atoms with Gasteiger partial charge >= 0.3 is 5.97 Å². The number of carbonyl (C=O) groups excluding carboxylic acids is 1. The van der Waals surface area contributed by atoms with Crippen LogP contribution in [0, 0.1) is 12.7 Å². The largest absolute Gasteiger partial charge is 0.465 e. The minimum Gasteiger partial charge on any atom is -0.465 e. The van der Waals surface area contributed by atoms with Gasteiger partial charge in [-0.3, -0.25) is 5.32 Å². The second-order valence-electron chi connectivity index (χ2n) is 7.35. The van der Waals surface area contributed by atoms with Crippen molar-refractivity contribution in [1.82, 2.24) is 10.3 Å². The monoisotopic (exact) mass is 440 g/mol. The lowest BCUT2D eigenvalue weighted by Crippen LogP contribution is -2.33. The third-order valence-electron chi connectivity index (χ3n) is 5.12. The van der Waals surface area contributed by atoms with Gasteiger partial charge in [-0.1, -0.05) is 60.1 Å². The van der Waals surface area contributed by atoms with E-state index in [1.807, 2.05) is 42.5 Å². The molecule has 31 heavy (non-hydrogen) atoms. The van der Waals surface area contributed by atoms with Crippen molar-refractivity contribution in [2.75, 3.05) is 6.61 Å². The molecule has 1 heterocycles. The quantitative estimate of drug-likeness (QED) is 0.340. The molecule has 1 aromatic heterocycles. The first kappa shape index (κ1) is 22.9. The summed E-state index contributed by atoms with van der Waals surface area (Å²) in [4.78, 5) is 16.9. The fourth-order valence-electron chi connectivity index (χ4n) is 3.47. The maximum atomic E-state index is 13.9. The zero-order chi connectivity index (χ0) is 22.2. The van der Waals surface area contributed by atoms with Crippen LogP contribution in [0.15, 0.2) is 66.9 Å².